The minimum absolute atomic E-state index is 0.237. The average Bonchev–Trinajstić information content (AvgIpc) is 2.96. The van der Waals surface area contributed by atoms with E-state index in [9.17, 15) is 4.79 Å². The maximum absolute atomic E-state index is 12.0. The molecular weight excluding hydrogens is 258 g/mol. The number of hydrogen-bond donors (Lipinski definition) is 2. The highest BCUT2D eigenvalue weighted by molar-refractivity contribution is 6.04. The Kier molecular flexibility index (Phi) is 4.73. The van der Waals surface area contributed by atoms with Gasteiger partial charge in [0.2, 0.25) is 0 Å². The zero-order valence-electron chi connectivity index (χ0n) is 11.5. The maximum Gasteiger partial charge on any atom is 0.258 e. The summed E-state index contributed by atoms with van der Waals surface area (Å²) in [5, 5.41) is 9.15. The van der Waals surface area contributed by atoms with E-state index in [4.69, 9.17) is 9.47 Å². The molecule has 1 amide bonds. The first kappa shape index (κ1) is 14.1. The molecule has 0 saturated heterocycles. The van der Waals surface area contributed by atoms with Gasteiger partial charge in [0.25, 0.3) is 5.91 Å². The minimum Gasteiger partial charge on any atom is -0.489 e. The second-order valence-electron chi connectivity index (χ2n) is 4.28. The lowest BCUT2D eigenvalue weighted by atomic mass is 10.2. The normalized spacial score (nSPS) is 10.3. The van der Waals surface area contributed by atoms with Crippen LogP contribution >= 0.6 is 0 Å². The van der Waals surface area contributed by atoms with Gasteiger partial charge in [-0.2, -0.15) is 5.10 Å². The smallest absolute Gasteiger partial charge is 0.258 e. The second kappa shape index (κ2) is 6.72. The molecular formula is C14H17N3O3. The van der Waals surface area contributed by atoms with E-state index < -0.39 is 0 Å². The van der Waals surface area contributed by atoms with Crippen LogP contribution in [0.3, 0.4) is 0 Å². The van der Waals surface area contributed by atoms with E-state index >= 15 is 0 Å². The molecule has 1 aromatic heterocycles. The van der Waals surface area contributed by atoms with Crippen molar-refractivity contribution in [2.24, 2.45) is 0 Å². The zero-order valence-corrected chi connectivity index (χ0v) is 11.5. The molecule has 2 rings (SSSR count). The lowest BCUT2D eigenvalue weighted by Gasteiger charge is -2.12. The molecule has 0 aliphatic heterocycles. The van der Waals surface area contributed by atoms with Gasteiger partial charge >= 0.3 is 0 Å². The van der Waals surface area contributed by atoms with Gasteiger partial charge in [-0.3, -0.25) is 9.89 Å². The van der Waals surface area contributed by atoms with Gasteiger partial charge in [0.15, 0.2) is 0 Å². The van der Waals surface area contributed by atoms with Crippen LogP contribution in [0.2, 0.25) is 0 Å². The molecule has 1 aromatic carbocycles. The van der Waals surface area contributed by atoms with Crippen LogP contribution in [0.4, 0.5) is 5.69 Å². The van der Waals surface area contributed by atoms with Crippen molar-refractivity contribution in [1.29, 1.82) is 0 Å². The fourth-order valence-electron chi connectivity index (χ4n) is 1.66. The number of nitrogens with one attached hydrogen (secondary N) is 2. The SMILES string of the molecule is COCCOc1cc(C)ccc1NC(=O)c1cn[nH]c1. The molecule has 0 aliphatic rings. The van der Waals surface area contributed by atoms with Gasteiger partial charge in [0, 0.05) is 13.3 Å². The standard InChI is InChI=1S/C14H17N3O3/c1-10-3-4-12(13(7-10)20-6-5-19-2)17-14(18)11-8-15-16-9-11/h3-4,7-9H,5-6H2,1-2H3,(H,15,16)(H,17,18). The quantitative estimate of drug-likeness (QED) is 0.790. The van der Waals surface area contributed by atoms with Gasteiger partial charge in [0.05, 0.1) is 24.1 Å². The van der Waals surface area contributed by atoms with E-state index in [1.807, 2.05) is 25.1 Å². The number of methoxy groups -OCH3 is 1. The van der Waals surface area contributed by atoms with Crippen molar-refractivity contribution >= 4 is 11.6 Å². The van der Waals surface area contributed by atoms with Crippen molar-refractivity contribution in [1.82, 2.24) is 10.2 Å². The van der Waals surface area contributed by atoms with Crippen LogP contribution in [0.5, 0.6) is 5.75 Å². The first-order valence-electron chi connectivity index (χ1n) is 6.23. The van der Waals surface area contributed by atoms with Crippen molar-refractivity contribution in [3.63, 3.8) is 0 Å². The third-order valence-electron chi connectivity index (χ3n) is 2.69. The van der Waals surface area contributed by atoms with E-state index in [0.717, 1.165) is 5.56 Å². The van der Waals surface area contributed by atoms with E-state index in [-0.39, 0.29) is 5.91 Å². The molecule has 6 heteroatoms. The molecule has 1 heterocycles. The number of anilines is 1. The van der Waals surface area contributed by atoms with Crippen molar-refractivity contribution in [2.45, 2.75) is 6.92 Å². The van der Waals surface area contributed by atoms with Crippen molar-refractivity contribution in [3.8, 4) is 5.75 Å². The summed E-state index contributed by atoms with van der Waals surface area (Å²) >= 11 is 0. The number of carbonyl (C=O) groups excluding carboxylic acids is 1. The Bertz CT molecular complexity index is 567. The van der Waals surface area contributed by atoms with Crippen molar-refractivity contribution < 1.29 is 14.3 Å². The number of carbonyl (C=O) groups is 1. The van der Waals surface area contributed by atoms with Crippen LogP contribution < -0.4 is 10.1 Å². The topological polar surface area (TPSA) is 76.2 Å². The Hall–Kier alpha value is -2.34. The molecule has 2 aromatic rings. The monoisotopic (exact) mass is 275 g/mol. The van der Waals surface area contributed by atoms with Crippen LogP contribution in [0.1, 0.15) is 15.9 Å². The lowest BCUT2D eigenvalue weighted by Crippen LogP contribution is -2.13. The molecule has 0 aliphatic carbocycles. The summed E-state index contributed by atoms with van der Waals surface area (Å²) in [5.41, 5.74) is 2.14. The van der Waals surface area contributed by atoms with E-state index in [1.54, 1.807) is 7.11 Å². The predicted octanol–water partition coefficient (Wildman–Crippen LogP) is 2.00. The summed E-state index contributed by atoms with van der Waals surface area (Å²) in [5.74, 6) is 0.387. The molecule has 6 nitrogen and oxygen atoms in total. The molecule has 0 radical (unpaired) electrons. The molecule has 0 atom stereocenters. The maximum atomic E-state index is 12.0. The number of aromatic nitrogens is 2. The van der Waals surface area contributed by atoms with E-state index in [0.29, 0.717) is 30.2 Å². The number of rotatable bonds is 6. The summed E-state index contributed by atoms with van der Waals surface area (Å²) in [4.78, 5) is 12.0. The first-order chi connectivity index (χ1) is 9.70. The fraction of sp³-hybridized carbons (Fsp3) is 0.286. The molecule has 0 bridgehead atoms. The molecule has 20 heavy (non-hydrogen) atoms. The van der Waals surface area contributed by atoms with Crippen LogP contribution in [-0.4, -0.2) is 36.4 Å². The number of H-pyrrole nitrogens is 1. The van der Waals surface area contributed by atoms with Gasteiger partial charge in [0.1, 0.15) is 12.4 Å². The van der Waals surface area contributed by atoms with Gasteiger partial charge in [-0.05, 0) is 24.6 Å². The van der Waals surface area contributed by atoms with Crippen molar-refractivity contribution in [3.05, 3.63) is 41.7 Å². The highest BCUT2D eigenvalue weighted by Crippen LogP contribution is 2.26. The highest BCUT2D eigenvalue weighted by atomic mass is 16.5. The Labute approximate surface area is 117 Å². The Balaban J connectivity index is 2.11. The molecule has 0 fully saturated rings. The van der Waals surface area contributed by atoms with Crippen LogP contribution in [-0.2, 0) is 4.74 Å². The largest absolute Gasteiger partial charge is 0.489 e. The third-order valence-corrected chi connectivity index (χ3v) is 2.69. The Morgan fingerprint density at radius 1 is 1.40 bits per heavy atom. The molecule has 0 unspecified atom stereocenters. The Morgan fingerprint density at radius 2 is 2.25 bits per heavy atom. The summed E-state index contributed by atoms with van der Waals surface area (Å²) < 4.78 is 10.6. The number of benzene rings is 1. The number of aryl methyl sites for hydroxylation is 1. The average molecular weight is 275 g/mol. The van der Waals surface area contributed by atoms with Gasteiger partial charge < -0.3 is 14.8 Å². The van der Waals surface area contributed by atoms with E-state index in [2.05, 4.69) is 15.5 Å². The van der Waals surface area contributed by atoms with Gasteiger partial charge in [-0.15, -0.1) is 0 Å². The molecule has 106 valence electrons. The summed E-state index contributed by atoms with van der Waals surface area (Å²) in [6.07, 6.45) is 3.00. The second-order valence-corrected chi connectivity index (χ2v) is 4.28. The predicted molar refractivity (Wildman–Crippen MR) is 75.1 cm³/mol. The van der Waals surface area contributed by atoms with Crippen LogP contribution in [0.25, 0.3) is 0 Å². The molecule has 0 spiro atoms. The van der Waals surface area contributed by atoms with E-state index in [1.165, 1.54) is 12.4 Å². The molecule has 0 saturated carbocycles. The minimum atomic E-state index is -0.237. The van der Waals surface area contributed by atoms with Crippen molar-refractivity contribution in [2.75, 3.05) is 25.6 Å². The third kappa shape index (κ3) is 3.58. The first-order valence-corrected chi connectivity index (χ1v) is 6.23. The number of ether oxygens (including phenoxy) is 2. The van der Waals surface area contributed by atoms with Crippen LogP contribution in [0.15, 0.2) is 30.6 Å². The Morgan fingerprint density at radius 3 is 2.95 bits per heavy atom. The lowest BCUT2D eigenvalue weighted by molar-refractivity contribution is 0.102. The van der Waals surface area contributed by atoms with Gasteiger partial charge in [-0.25, -0.2) is 0 Å². The number of aromatic amines is 1. The summed E-state index contributed by atoms with van der Waals surface area (Å²) in [7, 11) is 1.61. The highest BCUT2D eigenvalue weighted by Gasteiger charge is 2.11. The van der Waals surface area contributed by atoms with Gasteiger partial charge in [-0.1, -0.05) is 6.07 Å². The summed E-state index contributed by atoms with van der Waals surface area (Å²) in [6, 6.07) is 5.60. The summed E-state index contributed by atoms with van der Waals surface area (Å²) in [6.45, 7) is 2.88. The fourth-order valence-corrected chi connectivity index (χ4v) is 1.66. The number of amides is 1. The number of nitrogens with zero attached hydrogens (tertiary/aromatic N) is 1. The van der Waals surface area contributed by atoms with Crippen LogP contribution in [0, 0.1) is 6.92 Å². The zero-order chi connectivity index (χ0) is 14.4. The molecule has 2 N–H and O–H groups in total. The number of hydrogen-bond acceptors (Lipinski definition) is 4.